The standard InChI is InChI=1S/C25H25F2N5O/c1-15(2)24-28-10-11-31(24)14-18-6-5-7-20(12-18)29-25(33)23-16(3)30-32(17(23)4)22-9-8-19(26)13-21(22)27/h5-13,15H,14H2,1-4H3,(H,29,33). The molecule has 8 heteroatoms. The molecule has 1 amide bonds. The zero-order valence-electron chi connectivity index (χ0n) is 18.9. The monoisotopic (exact) mass is 449 g/mol. The number of hydrogen-bond acceptors (Lipinski definition) is 3. The van der Waals surface area contributed by atoms with Gasteiger partial charge in [-0.15, -0.1) is 0 Å². The normalized spacial score (nSPS) is 11.2. The molecule has 1 N–H and O–H groups in total. The van der Waals surface area contributed by atoms with Gasteiger partial charge in [0.25, 0.3) is 5.91 Å². The second kappa shape index (κ2) is 8.97. The summed E-state index contributed by atoms with van der Waals surface area (Å²) in [7, 11) is 0. The van der Waals surface area contributed by atoms with Crippen LogP contribution in [0.4, 0.5) is 14.5 Å². The van der Waals surface area contributed by atoms with Gasteiger partial charge in [-0.1, -0.05) is 26.0 Å². The van der Waals surface area contributed by atoms with Gasteiger partial charge in [-0.05, 0) is 43.7 Å². The van der Waals surface area contributed by atoms with Gasteiger partial charge in [-0.25, -0.2) is 18.4 Å². The van der Waals surface area contributed by atoms with Crippen molar-refractivity contribution >= 4 is 11.6 Å². The van der Waals surface area contributed by atoms with E-state index in [9.17, 15) is 13.6 Å². The van der Waals surface area contributed by atoms with Crippen molar-refractivity contribution in [1.29, 1.82) is 0 Å². The number of carbonyl (C=O) groups is 1. The first-order valence-corrected chi connectivity index (χ1v) is 10.7. The molecule has 6 nitrogen and oxygen atoms in total. The Morgan fingerprint density at radius 3 is 2.64 bits per heavy atom. The molecule has 0 unspecified atom stereocenters. The summed E-state index contributed by atoms with van der Waals surface area (Å²) in [5, 5.41) is 7.23. The number of anilines is 1. The summed E-state index contributed by atoms with van der Waals surface area (Å²) in [6.45, 7) is 8.19. The van der Waals surface area contributed by atoms with Gasteiger partial charge >= 0.3 is 0 Å². The second-order valence-electron chi connectivity index (χ2n) is 8.28. The van der Waals surface area contributed by atoms with Crippen LogP contribution in [0.3, 0.4) is 0 Å². The highest BCUT2D eigenvalue weighted by Gasteiger charge is 2.21. The summed E-state index contributed by atoms with van der Waals surface area (Å²) in [6, 6.07) is 10.9. The van der Waals surface area contributed by atoms with Crippen LogP contribution < -0.4 is 5.32 Å². The zero-order valence-corrected chi connectivity index (χ0v) is 18.9. The van der Waals surface area contributed by atoms with Crippen molar-refractivity contribution in [2.75, 3.05) is 5.32 Å². The van der Waals surface area contributed by atoms with Gasteiger partial charge in [0.05, 0.1) is 17.0 Å². The van der Waals surface area contributed by atoms with Crippen LogP contribution >= 0.6 is 0 Å². The van der Waals surface area contributed by atoms with Gasteiger partial charge in [-0.2, -0.15) is 5.10 Å². The molecule has 0 saturated carbocycles. The molecule has 4 rings (SSSR count). The molecule has 2 heterocycles. The Morgan fingerprint density at radius 2 is 1.91 bits per heavy atom. The lowest BCUT2D eigenvalue weighted by atomic mass is 10.1. The SMILES string of the molecule is Cc1nn(-c2ccc(F)cc2F)c(C)c1C(=O)Nc1cccc(Cn2ccnc2C(C)C)c1. The van der Waals surface area contributed by atoms with Crippen LogP contribution in [0.5, 0.6) is 0 Å². The number of aromatic nitrogens is 4. The molecular weight excluding hydrogens is 424 g/mol. The van der Waals surface area contributed by atoms with Crippen molar-refractivity contribution < 1.29 is 13.6 Å². The highest BCUT2D eigenvalue weighted by molar-refractivity contribution is 6.06. The number of rotatable bonds is 6. The minimum atomic E-state index is -0.750. The third kappa shape index (κ3) is 4.55. The maximum atomic E-state index is 14.3. The maximum Gasteiger partial charge on any atom is 0.259 e. The average Bonchev–Trinajstić information content (AvgIpc) is 3.32. The van der Waals surface area contributed by atoms with Crippen molar-refractivity contribution in [1.82, 2.24) is 19.3 Å². The number of carbonyl (C=O) groups excluding carboxylic acids is 1. The fourth-order valence-electron chi connectivity index (χ4n) is 3.95. The van der Waals surface area contributed by atoms with Crippen molar-refractivity contribution in [3.05, 3.63) is 94.8 Å². The number of benzene rings is 2. The molecule has 0 saturated heterocycles. The molecule has 2 aromatic heterocycles. The number of halogens is 2. The molecular formula is C25H25F2N5O. The minimum absolute atomic E-state index is 0.0827. The van der Waals surface area contributed by atoms with Crippen LogP contribution in [-0.4, -0.2) is 25.2 Å². The Labute approximate surface area is 190 Å². The Kier molecular flexibility index (Phi) is 6.09. The van der Waals surface area contributed by atoms with Crippen molar-refractivity contribution in [3.8, 4) is 5.69 Å². The van der Waals surface area contributed by atoms with Crippen molar-refractivity contribution in [3.63, 3.8) is 0 Å². The van der Waals surface area contributed by atoms with Crippen LogP contribution in [0.25, 0.3) is 5.69 Å². The topological polar surface area (TPSA) is 64.7 Å². The first-order valence-electron chi connectivity index (χ1n) is 10.7. The second-order valence-corrected chi connectivity index (χ2v) is 8.28. The van der Waals surface area contributed by atoms with Gasteiger partial charge in [0.1, 0.15) is 17.3 Å². The largest absolute Gasteiger partial charge is 0.330 e. The Morgan fingerprint density at radius 1 is 1.12 bits per heavy atom. The summed E-state index contributed by atoms with van der Waals surface area (Å²) in [5.74, 6) is -0.471. The van der Waals surface area contributed by atoms with Crippen LogP contribution in [0, 0.1) is 25.5 Å². The highest BCUT2D eigenvalue weighted by atomic mass is 19.1. The molecule has 170 valence electrons. The van der Waals surface area contributed by atoms with Crippen molar-refractivity contribution in [2.24, 2.45) is 0 Å². The smallest absolute Gasteiger partial charge is 0.259 e. The summed E-state index contributed by atoms with van der Waals surface area (Å²) in [6.07, 6.45) is 3.73. The lowest BCUT2D eigenvalue weighted by Gasteiger charge is -2.12. The zero-order chi connectivity index (χ0) is 23.7. The highest BCUT2D eigenvalue weighted by Crippen LogP contribution is 2.23. The quantitative estimate of drug-likeness (QED) is 0.429. The van der Waals surface area contributed by atoms with E-state index in [0.717, 1.165) is 23.5 Å². The molecule has 0 fully saturated rings. The third-order valence-electron chi connectivity index (χ3n) is 5.46. The van der Waals surface area contributed by atoms with E-state index in [1.54, 1.807) is 20.0 Å². The summed E-state index contributed by atoms with van der Waals surface area (Å²) < 4.78 is 31.0. The van der Waals surface area contributed by atoms with Gasteiger partial charge in [0.2, 0.25) is 0 Å². The summed E-state index contributed by atoms with van der Waals surface area (Å²) >= 11 is 0. The first kappa shape index (κ1) is 22.4. The van der Waals surface area contributed by atoms with E-state index < -0.39 is 11.6 Å². The van der Waals surface area contributed by atoms with E-state index in [-0.39, 0.29) is 11.6 Å². The van der Waals surface area contributed by atoms with Crippen LogP contribution in [0.1, 0.15) is 52.9 Å². The molecule has 2 aromatic carbocycles. The van der Waals surface area contributed by atoms with Gasteiger partial charge in [-0.3, -0.25) is 4.79 Å². The first-order chi connectivity index (χ1) is 15.7. The summed E-state index contributed by atoms with van der Waals surface area (Å²) in [4.78, 5) is 17.5. The van der Waals surface area contributed by atoms with Gasteiger partial charge in [0.15, 0.2) is 5.82 Å². The predicted octanol–water partition coefficient (Wildman–Crippen LogP) is 5.39. The molecule has 4 aromatic rings. The van der Waals surface area contributed by atoms with Crippen molar-refractivity contribution in [2.45, 2.75) is 40.2 Å². The molecule has 0 aliphatic carbocycles. The third-order valence-corrected chi connectivity index (χ3v) is 5.46. The number of imidazole rings is 1. The number of amides is 1. The number of nitrogens with one attached hydrogen (secondary N) is 1. The number of nitrogens with zero attached hydrogens (tertiary/aromatic N) is 4. The minimum Gasteiger partial charge on any atom is -0.330 e. The van der Waals surface area contributed by atoms with Gasteiger partial charge < -0.3 is 9.88 Å². The van der Waals surface area contributed by atoms with Gasteiger partial charge in [0, 0.05) is 36.6 Å². The molecule has 0 aliphatic heterocycles. The Bertz CT molecular complexity index is 1320. The predicted molar refractivity (Wildman–Crippen MR) is 123 cm³/mol. The molecule has 0 bridgehead atoms. The lowest BCUT2D eigenvalue weighted by Crippen LogP contribution is -2.14. The lowest BCUT2D eigenvalue weighted by molar-refractivity contribution is 0.102. The van der Waals surface area contributed by atoms with E-state index in [4.69, 9.17) is 0 Å². The Hall–Kier alpha value is -3.81. The van der Waals surface area contributed by atoms with E-state index in [1.807, 2.05) is 30.5 Å². The average molecular weight is 450 g/mol. The van der Waals surface area contributed by atoms with E-state index >= 15 is 0 Å². The number of aryl methyl sites for hydroxylation is 1. The van der Waals surface area contributed by atoms with Crippen LogP contribution in [0.2, 0.25) is 0 Å². The fourth-order valence-corrected chi connectivity index (χ4v) is 3.95. The molecule has 33 heavy (non-hydrogen) atoms. The van der Waals surface area contributed by atoms with E-state index in [2.05, 4.69) is 33.8 Å². The molecule has 0 radical (unpaired) electrons. The molecule has 0 atom stereocenters. The van der Waals surface area contributed by atoms with E-state index in [0.29, 0.717) is 35.1 Å². The summed E-state index contributed by atoms with van der Waals surface area (Å²) in [5.41, 5.74) is 3.00. The molecule has 0 spiro atoms. The van der Waals surface area contributed by atoms with Crippen LogP contribution in [0.15, 0.2) is 54.9 Å². The number of hydrogen-bond donors (Lipinski definition) is 1. The maximum absolute atomic E-state index is 14.3. The Balaban J connectivity index is 1.57. The molecule has 0 aliphatic rings. The van der Waals surface area contributed by atoms with E-state index in [1.165, 1.54) is 10.7 Å². The fraction of sp³-hybridized carbons (Fsp3) is 0.240. The van der Waals surface area contributed by atoms with Crippen LogP contribution in [-0.2, 0) is 6.54 Å².